The van der Waals surface area contributed by atoms with E-state index in [9.17, 15) is 18.0 Å². The number of para-hydroxylation sites is 1. The Morgan fingerprint density at radius 2 is 1.81 bits per heavy atom. The summed E-state index contributed by atoms with van der Waals surface area (Å²) in [6, 6.07) is 11.7. The van der Waals surface area contributed by atoms with Crippen LogP contribution in [0.3, 0.4) is 0 Å². The predicted octanol–water partition coefficient (Wildman–Crippen LogP) is 3.63. The topological polar surface area (TPSA) is 84.0 Å². The van der Waals surface area contributed by atoms with Crippen molar-refractivity contribution in [2.45, 2.75) is 24.2 Å². The Hall–Kier alpha value is -2.68. The summed E-state index contributed by atoms with van der Waals surface area (Å²) in [7, 11) is 0.771. The smallest absolute Gasteiger partial charge is 0.338 e. The van der Waals surface area contributed by atoms with Crippen LogP contribution >= 0.6 is 11.6 Å². The van der Waals surface area contributed by atoms with Crippen LogP contribution < -0.4 is 4.90 Å². The van der Waals surface area contributed by atoms with Gasteiger partial charge in [-0.2, -0.15) is 0 Å². The number of halogens is 1. The van der Waals surface area contributed by atoms with Crippen LogP contribution in [0.2, 0.25) is 5.02 Å². The van der Waals surface area contributed by atoms with Gasteiger partial charge < -0.3 is 9.64 Å². The van der Waals surface area contributed by atoms with Crippen molar-refractivity contribution in [3.63, 3.8) is 0 Å². The second-order valence-corrected chi connectivity index (χ2v) is 10.7. The van der Waals surface area contributed by atoms with E-state index in [1.54, 1.807) is 0 Å². The van der Waals surface area contributed by atoms with Crippen LogP contribution in [-0.2, 0) is 25.0 Å². The van der Waals surface area contributed by atoms with Gasteiger partial charge >= 0.3 is 5.97 Å². The summed E-state index contributed by atoms with van der Waals surface area (Å²) in [6.45, 7) is 3.59. The molecule has 0 spiro atoms. The minimum Gasteiger partial charge on any atom is -0.454 e. The van der Waals surface area contributed by atoms with Crippen LogP contribution in [0.1, 0.15) is 29.8 Å². The average Bonchev–Trinajstić information content (AvgIpc) is 2.93. The highest BCUT2D eigenvalue weighted by Gasteiger charge is 2.38. The van der Waals surface area contributed by atoms with Crippen LogP contribution in [0.4, 0.5) is 5.69 Å². The van der Waals surface area contributed by atoms with Gasteiger partial charge in [0.1, 0.15) is 4.90 Å². The lowest BCUT2D eigenvalue weighted by Gasteiger charge is -2.23. The quantitative estimate of drug-likeness (QED) is 0.467. The Kier molecular flexibility index (Phi) is 6.51. The first kappa shape index (κ1) is 24.0. The number of rotatable bonds is 6. The highest BCUT2D eigenvalue weighted by Crippen LogP contribution is 2.46. The maximum atomic E-state index is 12.6. The number of anilines is 1. The largest absolute Gasteiger partial charge is 0.454 e. The fraction of sp³-hybridized carbons (Fsp3) is 0.304. The number of carbonyl (C=O) groups is 2. The van der Waals surface area contributed by atoms with Gasteiger partial charge in [0, 0.05) is 44.0 Å². The van der Waals surface area contributed by atoms with Crippen LogP contribution in [0.5, 0.6) is 0 Å². The van der Waals surface area contributed by atoms with Gasteiger partial charge in [0.25, 0.3) is 0 Å². The zero-order chi connectivity index (χ0) is 23.8. The lowest BCUT2D eigenvalue weighted by molar-refractivity contribution is -0.117. The first-order chi connectivity index (χ1) is 14.9. The number of sulfonamides is 1. The van der Waals surface area contributed by atoms with Gasteiger partial charge in [0.15, 0.2) is 12.4 Å². The molecule has 1 heterocycles. The van der Waals surface area contributed by atoms with E-state index in [1.807, 2.05) is 50.1 Å². The summed E-state index contributed by atoms with van der Waals surface area (Å²) in [5.41, 5.74) is 2.53. The number of esters is 1. The predicted molar refractivity (Wildman–Crippen MR) is 124 cm³/mol. The maximum absolute atomic E-state index is 12.6. The van der Waals surface area contributed by atoms with Crippen molar-refractivity contribution in [2.24, 2.45) is 0 Å². The van der Waals surface area contributed by atoms with Crippen molar-refractivity contribution in [1.82, 2.24) is 4.31 Å². The lowest BCUT2D eigenvalue weighted by atomic mass is 9.83. The molecular formula is C23H25ClN2O5S. The monoisotopic (exact) mass is 476 g/mol. The van der Waals surface area contributed by atoms with E-state index in [0.717, 1.165) is 27.3 Å². The number of fused-ring (bicyclic) bond motifs is 1. The van der Waals surface area contributed by atoms with E-state index >= 15 is 0 Å². The fourth-order valence-corrected chi connectivity index (χ4v) is 5.09. The molecule has 32 heavy (non-hydrogen) atoms. The van der Waals surface area contributed by atoms with Gasteiger partial charge in [0.05, 0.1) is 10.6 Å². The molecule has 0 aromatic heterocycles. The third kappa shape index (κ3) is 4.30. The molecular weight excluding hydrogens is 452 g/mol. The minimum absolute atomic E-state index is 0.0119. The molecule has 0 saturated carbocycles. The molecule has 2 aromatic carbocycles. The molecule has 170 valence electrons. The van der Waals surface area contributed by atoms with E-state index in [4.69, 9.17) is 16.3 Å². The Labute approximate surface area is 193 Å². The molecule has 2 aromatic rings. The molecule has 0 radical (unpaired) electrons. The fourth-order valence-electron chi connectivity index (χ4n) is 3.70. The first-order valence-electron chi connectivity index (χ1n) is 9.85. The molecule has 0 unspecified atom stereocenters. The molecule has 0 bridgehead atoms. The zero-order valence-electron chi connectivity index (χ0n) is 18.5. The highest BCUT2D eigenvalue weighted by atomic mass is 35.5. The molecule has 0 atom stereocenters. The van der Waals surface area contributed by atoms with E-state index in [2.05, 4.69) is 0 Å². The normalized spacial score (nSPS) is 16.3. The molecule has 0 fully saturated rings. The van der Waals surface area contributed by atoms with E-state index in [0.29, 0.717) is 0 Å². The summed E-state index contributed by atoms with van der Waals surface area (Å²) >= 11 is 6.01. The highest BCUT2D eigenvalue weighted by molar-refractivity contribution is 7.89. The Morgan fingerprint density at radius 1 is 1.16 bits per heavy atom. The third-order valence-electron chi connectivity index (χ3n) is 5.51. The molecule has 3 rings (SSSR count). The Morgan fingerprint density at radius 3 is 2.44 bits per heavy atom. The van der Waals surface area contributed by atoms with Crippen molar-refractivity contribution in [1.29, 1.82) is 0 Å². The van der Waals surface area contributed by atoms with Crippen LogP contribution in [-0.4, -0.2) is 52.2 Å². The summed E-state index contributed by atoms with van der Waals surface area (Å²) in [5.74, 6) is -1.19. The molecule has 1 aliphatic rings. The molecule has 7 nitrogen and oxygen atoms in total. The number of ether oxygens (including phenoxy) is 1. The summed E-state index contributed by atoms with van der Waals surface area (Å²) < 4.78 is 30.9. The third-order valence-corrected chi connectivity index (χ3v) is 7.81. The second kappa shape index (κ2) is 8.69. The molecule has 9 heteroatoms. The Bertz CT molecular complexity index is 1220. The van der Waals surface area contributed by atoms with Gasteiger partial charge in [-0.3, -0.25) is 4.79 Å². The number of hydrogen-bond acceptors (Lipinski definition) is 6. The number of hydrogen-bond donors (Lipinski definition) is 0. The van der Waals surface area contributed by atoms with Crippen molar-refractivity contribution < 1.29 is 22.7 Å². The summed E-state index contributed by atoms with van der Waals surface area (Å²) in [6.07, 6.45) is 1.48. The van der Waals surface area contributed by atoms with Crippen LogP contribution in [0, 0.1) is 0 Å². The van der Waals surface area contributed by atoms with Crippen molar-refractivity contribution >= 4 is 39.1 Å². The van der Waals surface area contributed by atoms with E-state index < -0.39 is 22.6 Å². The molecule has 0 amide bonds. The SMILES string of the molecule is CN1/C(=C/C(=O)COC(=O)c2ccc(Cl)c(S(=O)(=O)N(C)C)c2)C(C)(C)c2ccccc21. The summed E-state index contributed by atoms with van der Waals surface area (Å²) in [5, 5.41) is -0.0119. The minimum atomic E-state index is -3.84. The van der Waals surface area contributed by atoms with E-state index in [1.165, 1.54) is 32.3 Å². The maximum Gasteiger partial charge on any atom is 0.338 e. The molecule has 0 aliphatic carbocycles. The van der Waals surface area contributed by atoms with Gasteiger partial charge in [-0.25, -0.2) is 17.5 Å². The molecule has 1 aliphatic heterocycles. The van der Waals surface area contributed by atoms with Crippen LogP contribution in [0.15, 0.2) is 59.1 Å². The lowest BCUT2D eigenvalue weighted by Crippen LogP contribution is -2.25. The molecule has 0 saturated heterocycles. The van der Waals surface area contributed by atoms with Crippen molar-refractivity contribution in [2.75, 3.05) is 32.6 Å². The van der Waals surface area contributed by atoms with Crippen LogP contribution in [0.25, 0.3) is 0 Å². The zero-order valence-corrected chi connectivity index (χ0v) is 20.1. The number of carbonyl (C=O) groups excluding carboxylic acids is 2. The number of likely N-dealkylation sites (N-methyl/N-ethyl adjacent to an activating group) is 1. The van der Waals surface area contributed by atoms with Gasteiger partial charge in [-0.05, 0) is 29.8 Å². The number of nitrogens with zero attached hydrogens (tertiary/aromatic N) is 2. The summed E-state index contributed by atoms with van der Waals surface area (Å²) in [4.78, 5) is 26.8. The standard InChI is InChI=1S/C23H25ClN2O5S/c1-23(2)17-8-6-7-9-19(17)26(5)21(23)13-16(27)14-31-22(28)15-10-11-18(24)20(12-15)32(29,30)25(3)4/h6-13H,14H2,1-5H3/b21-13+. The van der Waals surface area contributed by atoms with Gasteiger partial charge in [-0.1, -0.05) is 43.6 Å². The second-order valence-electron chi connectivity index (χ2n) is 8.21. The number of benzene rings is 2. The molecule has 0 N–H and O–H groups in total. The van der Waals surface area contributed by atoms with Crippen molar-refractivity contribution in [3.8, 4) is 0 Å². The number of ketones is 1. The van der Waals surface area contributed by atoms with Gasteiger partial charge in [0.2, 0.25) is 10.0 Å². The van der Waals surface area contributed by atoms with Crippen molar-refractivity contribution in [3.05, 3.63) is 70.4 Å². The van der Waals surface area contributed by atoms with Gasteiger partial charge in [-0.15, -0.1) is 0 Å². The Balaban J connectivity index is 1.76. The average molecular weight is 477 g/mol. The van der Waals surface area contributed by atoms with E-state index in [-0.39, 0.29) is 26.7 Å². The first-order valence-corrected chi connectivity index (χ1v) is 11.7. The number of allylic oxidation sites excluding steroid dienone is 1.